The number of anilines is 1. The van der Waals surface area contributed by atoms with Crippen LogP contribution < -0.4 is 5.32 Å². The lowest BCUT2D eigenvalue weighted by Crippen LogP contribution is -2.15. The minimum atomic E-state index is -0.0913. The number of amides is 1. The Hall–Kier alpha value is -2.55. The van der Waals surface area contributed by atoms with Crippen molar-refractivity contribution in [2.45, 2.75) is 34.6 Å². The second-order valence-corrected chi connectivity index (χ2v) is 6.40. The molecule has 0 radical (unpaired) electrons. The third kappa shape index (κ3) is 2.74. The van der Waals surface area contributed by atoms with E-state index in [1.807, 2.05) is 32.9 Å². The molecule has 0 spiro atoms. The van der Waals surface area contributed by atoms with Gasteiger partial charge in [-0.2, -0.15) is 0 Å². The molecule has 0 aliphatic heterocycles. The van der Waals surface area contributed by atoms with Crippen molar-refractivity contribution in [3.8, 4) is 0 Å². The molecule has 0 aliphatic carbocycles. The molecule has 3 rings (SSSR count). The molecular weight excluding hydrogens is 284 g/mol. The SMILES string of the molecule is Cc1cc(C)c(NC(=O)c2[nH]c3ccc(C)cc3c2C)c(C)c1. The topological polar surface area (TPSA) is 44.9 Å². The van der Waals surface area contributed by atoms with Gasteiger partial charge in [0.05, 0.1) is 0 Å². The van der Waals surface area contributed by atoms with Crippen molar-refractivity contribution in [3.63, 3.8) is 0 Å². The summed E-state index contributed by atoms with van der Waals surface area (Å²) in [5.41, 5.74) is 8.08. The monoisotopic (exact) mass is 306 g/mol. The van der Waals surface area contributed by atoms with Gasteiger partial charge in [-0.15, -0.1) is 0 Å². The van der Waals surface area contributed by atoms with Crippen LogP contribution in [0, 0.1) is 34.6 Å². The third-order valence-corrected chi connectivity index (χ3v) is 4.36. The number of carbonyl (C=O) groups excluding carboxylic acids is 1. The van der Waals surface area contributed by atoms with Gasteiger partial charge in [-0.05, 0) is 63.4 Å². The Morgan fingerprint density at radius 2 is 1.57 bits per heavy atom. The van der Waals surface area contributed by atoms with Crippen LogP contribution in [-0.4, -0.2) is 10.9 Å². The highest BCUT2D eigenvalue weighted by atomic mass is 16.1. The van der Waals surface area contributed by atoms with E-state index < -0.39 is 0 Å². The number of H-pyrrole nitrogens is 1. The quantitative estimate of drug-likeness (QED) is 0.690. The molecule has 0 aliphatic rings. The maximum Gasteiger partial charge on any atom is 0.272 e. The average Bonchev–Trinajstić information content (AvgIpc) is 2.80. The van der Waals surface area contributed by atoms with Gasteiger partial charge in [-0.1, -0.05) is 29.3 Å². The van der Waals surface area contributed by atoms with E-state index in [9.17, 15) is 4.79 Å². The molecule has 0 unspecified atom stereocenters. The fourth-order valence-corrected chi connectivity index (χ4v) is 3.22. The minimum absolute atomic E-state index is 0.0913. The number of aromatic amines is 1. The normalized spacial score (nSPS) is 11.0. The van der Waals surface area contributed by atoms with Crippen molar-refractivity contribution in [1.29, 1.82) is 0 Å². The Balaban J connectivity index is 2.00. The maximum atomic E-state index is 12.7. The predicted molar refractivity (Wildman–Crippen MR) is 96.4 cm³/mol. The van der Waals surface area contributed by atoms with E-state index in [4.69, 9.17) is 0 Å². The zero-order valence-electron chi connectivity index (χ0n) is 14.3. The van der Waals surface area contributed by atoms with Crippen molar-refractivity contribution < 1.29 is 4.79 Å². The summed E-state index contributed by atoms with van der Waals surface area (Å²) >= 11 is 0. The highest BCUT2D eigenvalue weighted by Gasteiger charge is 2.16. The summed E-state index contributed by atoms with van der Waals surface area (Å²) in [6.07, 6.45) is 0. The van der Waals surface area contributed by atoms with Gasteiger partial charge in [-0.3, -0.25) is 4.79 Å². The van der Waals surface area contributed by atoms with Gasteiger partial charge in [0, 0.05) is 16.6 Å². The molecule has 2 aromatic carbocycles. The number of fused-ring (bicyclic) bond motifs is 1. The van der Waals surface area contributed by atoms with E-state index in [1.54, 1.807) is 0 Å². The van der Waals surface area contributed by atoms with E-state index in [-0.39, 0.29) is 5.91 Å². The van der Waals surface area contributed by atoms with Crippen LogP contribution in [0.3, 0.4) is 0 Å². The number of hydrogen-bond donors (Lipinski definition) is 2. The van der Waals surface area contributed by atoms with Crippen LogP contribution in [0.2, 0.25) is 0 Å². The van der Waals surface area contributed by atoms with Crippen LogP contribution in [0.25, 0.3) is 10.9 Å². The minimum Gasteiger partial charge on any atom is -0.350 e. The number of carbonyl (C=O) groups is 1. The van der Waals surface area contributed by atoms with Crippen LogP contribution >= 0.6 is 0 Å². The molecule has 0 atom stereocenters. The van der Waals surface area contributed by atoms with Gasteiger partial charge >= 0.3 is 0 Å². The number of nitrogens with one attached hydrogen (secondary N) is 2. The zero-order valence-corrected chi connectivity index (χ0v) is 14.3. The molecule has 1 aromatic heterocycles. The maximum absolute atomic E-state index is 12.7. The van der Waals surface area contributed by atoms with Gasteiger partial charge in [0.15, 0.2) is 0 Å². The molecule has 1 amide bonds. The summed E-state index contributed by atoms with van der Waals surface area (Å²) in [5.74, 6) is -0.0913. The Bertz CT molecular complexity index is 896. The molecule has 3 nitrogen and oxygen atoms in total. The first-order valence-corrected chi connectivity index (χ1v) is 7.85. The lowest BCUT2D eigenvalue weighted by molar-refractivity contribution is 0.102. The standard InChI is InChI=1S/C20H22N2O/c1-11-6-7-17-16(10-11)15(5)19(21-17)20(23)22-18-13(3)8-12(2)9-14(18)4/h6-10,21H,1-5H3,(H,22,23). The smallest absolute Gasteiger partial charge is 0.272 e. The second-order valence-electron chi connectivity index (χ2n) is 6.40. The number of hydrogen-bond acceptors (Lipinski definition) is 1. The Morgan fingerprint density at radius 1 is 0.913 bits per heavy atom. The van der Waals surface area contributed by atoms with Crippen LogP contribution in [0.15, 0.2) is 30.3 Å². The van der Waals surface area contributed by atoms with Gasteiger partial charge < -0.3 is 10.3 Å². The molecule has 2 N–H and O–H groups in total. The van der Waals surface area contributed by atoms with E-state index in [0.717, 1.165) is 33.3 Å². The molecule has 3 aromatic rings. The summed E-state index contributed by atoms with van der Waals surface area (Å²) in [6.45, 7) is 10.2. The molecule has 0 bridgehead atoms. The van der Waals surface area contributed by atoms with Crippen molar-refractivity contribution in [2.24, 2.45) is 0 Å². The molecule has 1 heterocycles. The highest BCUT2D eigenvalue weighted by molar-refractivity contribution is 6.08. The molecule has 0 saturated carbocycles. The van der Waals surface area contributed by atoms with Crippen LogP contribution in [0.5, 0.6) is 0 Å². The summed E-state index contributed by atoms with van der Waals surface area (Å²) in [6, 6.07) is 10.4. The molecule has 3 heteroatoms. The first-order valence-electron chi connectivity index (χ1n) is 7.85. The van der Waals surface area contributed by atoms with Crippen molar-refractivity contribution >= 4 is 22.5 Å². The van der Waals surface area contributed by atoms with Crippen molar-refractivity contribution in [3.05, 3.63) is 63.8 Å². The number of benzene rings is 2. The first kappa shape index (κ1) is 15.3. The van der Waals surface area contributed by atoms with Gasteiger partial charge in [0.1, 0.15) is 5.69 Å². The molecule has 23 heavy (non-hydrogen) atoms. The fourth-order valence-electron chi connectivity index (χ4n) is 3.22. The summed E-state index contributed by atoms with van der Waals surface area (Å²) in [5, 5.41) is 4.17. The van der Waals surface area contributed by atoms with Gasteiger partial charge in [0.25, 0.3) is 5.91 Å². The van der Waals surface area contributed by atoms with Crippen LogP contribution in [0.4, 0.5) is 5.69 Å². The molecule has 118 valence electrons. The predicted octanol–water partition coefficient (Wildman–Crippen LogP) is 4.96. The highest BCUT2D eigenvalue weighted by Crippen LogP contribution is 2.26. The Morgan fingerprint density at radius 3 is 2.22 bits per heavy atom. The Kier molecular flexibility index (Phi) is 3.72. The fraction of sp³-hybridized carbons (Fsp3) is 0.250. The lowest BCUT2D eigenvalue weighted by Gasteiger charge is -2.12. The van der Waals surface area contributed by atoms with E-state index >= 15 is 0 Å². The second kappa shape index (κ2) is 5.58. The lowest BCUT2D eigenvalue weighted by atomic mass is 10.0. The van der Waals surface area contributed by atoms with E-state index in [0.29, 0.717) is 5.69 Å². The van der Waals surface area contributed by atoms with Gasteiger partial charge in [0.2, 0.25) is 0 Å². The number of aromatic nitrogens is 1. The summed E-state index contributed by atoms with van der Waals surface area (Å²) in [7, 11) is 0. The average molecular weight is 306 g/mol. The Labute approximate surface area is 136 Å². The number of aryl methyl sites for hydroxylation is 5. The van der Waals surface area contributed by atoms with Crippen molar-refractivity contribution in [2.75, 3.05) is 5.32 Å². The third-order valence-electron chi connectivity index (χ3n) is 4.36. The van der Waals surface area contributed by atoms with Gasteiger partial charge in [-0.25, -0.2) is 0 Å². The van der Waals surface area contributed by atoms with Crippen molar-refractivity contribution in [1.82, 2.24) is 4.98 Å². The largest absolute Gasteiger partial charge is 0.350 e. The van der Waals surface area contributed by atoms with Crippen LogP contribution in [-0.2, 0) is 0 Å². The van der Waals surface area contributed by atoms with Crippen LogP contribution in [0.1, 0.15) is 38.3 Å². The zero-order chi connectivity index (χ0) is 16.7. The summed E-state index contributed by atoms with van der Waals surface area (Å²) in [4.78, 5) is 16.0. The number of rotatable bonds is 2. The summed E-state index contributed by atoms with van der Waals surface area (Å²) < 4.78 is 0. The van der Waals surface area contributed by atoms with E-state index in [1.165, 1.54) is 11.1 Å². The van der Waals surface area contributed by atoms with E-state index in [2.05, 4.69) is 42.3 Å². The molecular formula is C20H22N2O. The molecule has 0 fully saturated rings. The first-order chi connectivity index (χ1) is 10.9. The molecule has 0 saturated heterocycles.